The second-order valence-corrected chi connectivity index (χ2v) is 4.13. The number of hydrogen-bond donors (Lipinski definition) is 3. The lowest BCUT2D eigenvalue weighted by Crippen LogP contribution is -2.42. The molecule has 1 aliphatic rings. The van der Waals surface area contributed by atoms with Crippen molar-refractivity contribution in [1.29, 1.82) is 5.41 Å². The third-order valence-corrected chi connectivity index (χ3v) is 2.54. The van der Waals surface area contributed by atoms with E-state index in [1.54, 1.807) is 0 Å². The van der Waals surface area contributed by atoms with E-state index in [0.717, 1.165) is 25.7 Å². The smallest absolute Gasteiger partial charge is 0.105 e. The van der Waals surface area contributed by atoms with Crippen molar-refractivity contribution < 1.29 is 5.11 Å². The van der Waals surface area contributed by atoms with Crippen molar-refractivity contribution in [2.45, 2.75) is 31.3 Å². The molecule has 13 heavy (non-hydrogen) atoms. The van der Waals surface area contributed by atoms with Gasteiger partial charge >= 0.3 is 0 Å². The maximum absolute atomic E-state index is 10.0. The summed E-state index contributed by atoms with van der Waals surface area (Å²) in [5, 5.41) is 17.1. The molecular formula is C9H19N3O. The van der Waals surface area contributed by atoms with E-state index in [0.29, 0.717) is 13.1 Å². The molecule has 1 fully saturated rings. The highest BCUT2D eigenvalue weighted by molar-refractivity contribution is 5.78. The van der Waals surface area contributed by atoms with Crippen molar-refractivity contribution in [3.63, 3.8) is 0 Å². The van der Waals surface area contributed by atoms with Crippen molar-refractivity contribution in [2.75, 3.05) is 20.1 Å². The first kappa shape index (κ1) is 10.5. The molecule has 0 aliphatic heterocycles. The molecule has 0 spiro atoms. The normalized spacial score (nSPS) is 20.8. The van der Waals surface area contributed by atoms with Gasteiger partial charge < -0.3 is 10.8 Å². The van der Waals surface area contributed by atoms with Crippen LogP contribution in [0.25, 0.3) is 0 Å². The summed E-state index contributed by atoms with van der Waals surface area (Å²) in [6, 6.07) is 0. The Kier molecular flexibility index (Phi) is 3.27. The van der Waals surface area contributed by atoms with Crippen LogP contribution in [0.1, 0.15) is 25.7 Å². The molecule has 0 unspecified atom stereocenters. The van der Waals surface area contributed by atoms with Crippen LogP contribution in [0.5, 0.6) is 0 Å². The second kappa shape index (κ2) is 4.07. The van der Waals surface area contributed by atoms with Gasteiger partial charge in [-0.15, -0.1) is 0 Å². The number of rotatable bonds is 4. The summed E-state index contributed by atoms with van der Waals surface area (Å²) >= 11 is 0. The van der Waals surface area contributed by atoms with Gasteiger partial charge in [0, 0.05) is 6.54 Å². The number of amidine groups is 1. The minimum Gasteiger partial charge on any atom is -0.389 e. The summed E-state index contributed by atoms with van der Waals surface area (Å²) in [6.07, 6.45) is 4.00. The van der Waals surface area contributed by atoms with E-state index in [9.17, 15) is 5.11 Å². The number of nitrogens with two attached hydrogens (primary N) is 1. The molecule has 0 radical (unpaired) electrons. The predicted octanol–water partition coefficient (Wildman–Crippen LogP) is 0.159. The molecule has 0 amide bonds. The Bertz CT molecular complexity index is 187. The molecule has 0 atom stereocenters. The van der Waals surface area contributed by atoms with Crippen LogP contribution < -0.4 is 5.73 Å². The first-order valence-electron chi connectivity index (χ1n) is 4.76. The van der Waals surface area contributed by atoms with E-state index in [-0.39, 0.29) is 5.84 Å². The second-order valence-electron chi connectivity index (χ2n) is 4.13. The summed E-state index contributed by atoms with van der Waals surface area (Å²) in [7, 11) is 1.89. The first-order valence-corrected chi connectivity index (χ1v) is 4.76. The van der Waals surface area contributed by atoms with Crippen LogP contribution in [0.4, 0.5) is 0 Å². The third kappa shape index (κ3) is 3.32. The van der Waals surface area contributed by atoms with Gasteiger partial charge in [-0.1, -0.05) is 12.8 Å². The maximum atomic E-state index is 10.0. The summed E-state index contributed by atoms with van der Waals surface area (Å²) in [4.78, 5) is 1.91. The highest BCUT2D eigenvalue weighted by Gasteiger charge is 2.31. The maximum Gasteiger partial charge on any atom is 0.105 e. The topological polar surface area (TPSA) is 73.3 Å². The molecule has 1 rings (SSSR count). The predicted molar refractivity (Wildman–Crippen MR) is 52.8 cm³/mol. The summed E-state index contributed by atoms with van der Waals surface area (Å²) in [5.41, 5.74) is 4.75. The summed E-state index contributed by atoms with van der Waals surface area (Å²) in [5.74, 6) is 0.157. The highest BCUT2D eigenvalue weighted by Crippen LogP contribution is 2.29. The molecule has 0 aromatic rings. The number of likely N-dealkylation sites (N-methyl/N-ethyl adjacent to an activating group) is 1. The van der Waals surface area contributed by atoms with Gasteiger partial charge in [0.1, 0.15) is 5.84 Å². The fourth-order valence-corrected chi connectivity index (χ4v) is 2.04. The molecule has 0 saturated heterocycles. The Balaban J connectivity index is 2.33. The first-order chi connectivity index (χ1) is 6.02. The van der Waals surface area contributed by atoms with Gasteiger partial charge in [0.05, 0.1) is 12.1 Å². The van der Waals surface area contributed by atoms with Crippen LogP contribution in [0.15, 0.2) is 0 Å². The Labute approximate surface area is 79.2 Å². The molecule has 0 aromatic heterocycles. The number of aliphatic hydroxyl groups is 1. The zero-order chi connectivity index (χ0) is 9.90. The molecule has 4 nitrogen and oxygen atoms in total. The van der Waals surface area contributed by atoms with Crippen LogP contribution in [0.3, 0.4) is 0 Å². The van der Waals surface area contributed by atoms with Crippen molar-refractivity contribution in [3.8, 4) is 0 Å². The molecule has 4 N–H and O–H groups in total. The minimum absolute atomic E-state index is 0.157. The van der Waals surface area contributed by atoms with Crippen molar-refractivity contribution >= 4 is 5.84 Å². The van der Waals surface area contributed by atoms with Gasteiger partial charge in [-0.05, 0) is 19.9 Å². The van der Waals surface area contributed by atoms with Crippen molar-refractivity contribution in [1.82, 2.24) is 4.90 Å². The van der Waals surface area contributed by atoms with Crippen LogP contribution in [0.2, 0.25) is 0 Å². The Morgan fingerprint density at radius 3 is 2.54 bits per heavy atom. The molecule has 1 aliphatic carbocycles. The molecule has 1 saturated carbocycles. The molecule has 4 heteroatoms. The molecule has 0 heterocycles. The zero-order valence-electron chi connectivity index (χ0n) is 8.21. The highest BCUT2D eigenvalue weighted by atomic mass is 16.3. The van der Waals surface area contributed by atoms with Crippen molar-refractivity contribution in [3.05, 3.63) is 0 Å². The van der Waals surface area contributed by atoms with Crippen LogP contribution in [0, 0.1) is 5.41 Å². The quantitative estimate of drug-likeness (QED) is 0.431. The summed E-state index contributed by atoms with van der Waals surface area (Å²) < 4.78 is 0. The zero-order valence-corrected chi connectivity index (χ0v) is 8.21. The van der Waals surface area contributed by atoms with E-state index in [2.05, 4.69) is 0 Å². The fraction of sp³-hybridized carbons (Fsp3) is 0.889. The van der Waals surface area contributed by atoms with Gasteiger partial charge in [-0.3, -0.25) is 10.3 Å². The summed E-state index contributed by atoms with van der Waals surface area (Å²) in [6.45, 7) is 1.08. The number of nitrogens with zero attached hydrogens (tertiary/aromatic N) is 1. The molecule has 76 valence electrons. The monoisotopic (exact) mass is 185 g/mol. The lowest BCUT2D eigenvalue weighted by molar-refractivity contribution is 0.0200. The largest absolute Gasteiger partial charge is 0.389 e. The molecule has 0 bridgehead atoms. The van der Waals surface area contributed by atoms with Crippen LogP contribution >= 0.6 is 0 Å². The Morgan fingerprint density at radius 1 is 1.54 bits per heavy atom. The minimum atomic E-state index is -0.524. The molecular weight excluding hydrogens is 166 g/mol. The average molecular weight is 185 g/mol. The van der Waals surface area contributed by atoms with Crippen LogP contribution in [-0.4, -0.2) is 41.6 Å². The van der Waals surface area contributed by atoms with E-state index in [1.165, 1.54) is 0 Å². The fourth-order valence-electron chi connectivity index (χ4n) is 2.04. The Hall–Kier alpha value is -0.610. The van der Waals surface area contributed by atoms with E-state index in [4.69, 9.17) is 11.1 Å². The van der Waals surface area contributed by atoms with Crippen molar-refractivity contribution in [2.24, 2.45) is 5.73 Å². The molecule has 0 aromatic carbocycles. The third-order valence-electron chi connectivity index (χ3n) is 2.54. The van der Waals surface area contributed by atoms with E-state index in [1.807, 2.05) is 11.9 Å². The number of hydrogen-bond acceptors (Lipinski definition) is 3. The van der Waals surface area contributed by atoms with Gasteiger partial charge in [-0.25, -0.2) is 0 Å². The van der Waals surface area contributed by atoms with E-state index >= 15 is 0 Å². The lowest BCUT2D eigenvalue weighted by atomic mass is 10.0. The van der Waals surface area contributed by atoms with Gasteiger partial charge in [0.25, 0.3) is 0 Å². The lowest BCUT2D eigenvalue weighted by Gasteiger charge is -2.28. The standard InChI is InChI=1S/C9H19N3O/c1-12(6-8(10)11)7-9(13)4-2-3-5-9/h13H,2-7H2,1H3,(H3,10,11). The number of nitrogens with one attached hydrogen (secondary N) is 1. The Morgan fingerprint density at radius 2 is 2.08 bits per heavy atom. The van der Waals surface area contributed by atoms with Crippen LogP contribution in [-0.2, 0) is 0 Å². The SMILES string of the molecule is CN(CC(=N)N)CC1(O)CCCC1. The van der Waals surface area contributed by atoms with Gasteiger partial charge in [0.2, 0.25) is 0 Å². The van der Waals surface area contributed by atoms with Gasteiger partial charge in [-0.2, -0.15) is 0 Å². The van der Waals surface area contributed by atoms with E-state index < -0.39 is 5.60 Å². The van der Waals surface area contributed by atoms with Gasteiger partial charge in [0.15, 0.2) is 0 Å². The average Bonchev–Trinajstić information content (AvgIpc) is 2.33.